The molecule has 1 fully saturated rings. The predicted octanol–water partition coefficient (Wildman–Crippen LogP) is 1.40. The zero-order valence-corrected chi connectivity index (χ0v) is 9.82. The van der Waals surface area contributed by atoms with Crippen LogP contribution < -0.4 is 11.1 Å². The van der Waals surface area contributed by atoms with Crippen LogP contribution in [0.5, 0.6) is 0 Å². The molecule has 1 aromatic rings. The topological polar surface area (TPSA) is 64.4 Å². The lowest BCUT2D eigenvalue weighted by molar-refractivity contribution is 0.109. The van der Waals surface area contributed by atoms with E-state index in [1.54, 1.807) is 0 Å². The number of amides is 1. The lowest BCUT2D eigenvalue weighted by atomic mass is 9.74. The van der Waals surface area contributed by atoms with Crippen molar-refractivity contribution in [3.8, 4) is 0 Å². The van der Waals surface area contributed by atoms with E-state index in [9.17, 15) is 4.79 Å². The summed E-state index contributed by atoms with van der Waals surface area (Å²) in [6, 6.07) is 10.2. The molecule has 92 valence electrons. The number of piperidine rings is 1. The number of nitrogens with two attached hydrogens (primary N) is 1. The molecule has 0 bridgehead atoms. The first-order valence-corrected chi connectivity index (χ1v) is 5.91. The number of primary amides is 1. The molecule has 4 nitrogen and oxygen atoms in total. The Balaban J connectivity index is 2.20. The lowest BCUT2D eigenvalue weighted by Crippen LogP contribution is -2.44. The summed E-state index contributed by atoms with van der Waals surface area (Å²) in [5.41, 5.74) is 6.21. The highest BCUT2D eigenvalue weighted by Gasteiger charge is 2.35. The first-order valence-electron chi connectivity index (χ1n) is 5.91. The van der Waals surface area contributed by atoms with Crippen molar-refractivity contribution in [3.05, 3.63) is 35.9 Å². The molecule has 1 aromatic carbocycles. The van der Waals surface area contributed by atoms with Gasteiger partial charge in [0.15, 0.2) is 0 Å². The summed E-state index contributed by atoms with van der Waals surface area (Å²) < 4.78 is 5.05. The van der Waals surface area contributed by atoms with E-state index in [1.165, 1.54) is 5.56 Å². The number of hydrogen-bond acceptors (Lipinski definition) is 3. The fourth-order valence-electron chi connectivity index (χ4n) is 2.42. The molecule has 3 N–H and O–H groups in total. The molecule has 0 aliphatic carbocycles. The van der Waals surface area contributed by atoms with Crippen LogP contribution in [0.2, 0.25) is 0 Å². The highest BCUT2D eigenvalue weighted by atomic mass is 16.5. The van der Waals surface area contributed by atoms with Gasteiger partial charge in [-0.3, -0.25) is 0 Å². The van der Waals surface area contributed by atoms with Crippen molar-refractivity contribution >= 4 is 6.09 Å². The molecule has 1 aliphatic heterocycles. The van der Waals surface area contributed by atoms with Crippen molar-refractivity contribution in [3.63, 3.8) is 0 Å². The average Bonchev–Trinajstić information content (AvgIpc) is 2.39. The maximum absolute atomic E-state index is 10.8. The quantitative estimate of drug-likeness (QED) is 0.831. The maximum Gasteiger partial charge on any atom is 0.404 e. The zero-order chi connectivity index (χ0) is 12.1. The first kappa shape index (κ1) is 11.9. The minimum Gasteiger partial charge on any atom is -0.449 e. The molecular weight excluding hydrogens is 216 g/mol. The Morgan fingerprint density at radius 1 is 1.29 bits per heavy atom. The third kappa shape index (κ3) is 2.77. The van der Waals surface area contributed by atoms with Crippen LogP contribution >= 0.6 is 0 Å². The largest absolute Gasteiger partial charge is 0.449 e. The molecule has 1 heterocycles. The molecule has 1 amide bonds. The molecule has 0 atom stereocenters. The van der Waals surface area contributed by atoms with E-state index in [1.807, 2.05) is 18.2 Å². The van der Waals surface area contributed by atoms with Gasteiger partial charge in [-0.15, -0.1) is 0 Å². The molecule has 0 saturated carbocycles. The molecule has 0 unspecified atom stereocenters. The Kier molecular flexibility index (Phi) is 3.64. The third-order valence-corrected chi connectivity index (χ3v) is 3.44. The van der Waals surface area contributed by atoms with Crippen LogP contribution in [-0.4, -0.2) is 25.8 Å². The van der Waals surface area contributed by atoms with E-state index in [2.05, 4.69) is 17.4 Å². The van der Waals surface area contributed by atoms with E-state index in [4.69, 9.17) is 10.5 Å². The van der Waals surface area contributed by atoms with Gasteiger partial charge < -0.3 is 15.8 Å². The highest BCUT2D eigenvalue weighted by molar-refractivity contribution is 5.64. The molecule has 0 radical (unpaired) electrons. The fraction of sp³-hybridized carbons (Fsp3) is 0.462. The second-order valence-corrected chi connectivity index (χ2v) is 4.50. The van der Waals surface area contributed by atoms with Gasteiger partial charge in [0.25, 0.3) is 0 Å². The van der Waals surface area contributed by atoms with Gasteiger partial charge in [-0.05, 0) is 31.5 Å². The fourth-order valence-corrected chi connectivity index (χ4v) is 2.42. The first-order chi connectivity index (χ1) is 8.23. The van der Waals surface area contributed by atoms with Crippen LogP contribution in [0.1, 0.15) is 18.4 Å². The second kappa shape index (κ2) is 5.19. The second-order valence-electron chi connectivity index (χ2n) is 4.50. The number of carbonyl (C=O) groups excluding carboxylic acids is 1. The molecule has 4 heteroatoms. The molecule has 0 spiro atoms. The number of hydrogen-bond donors (Lipinski definition) is 2. The average molecular weight is 234 g/mol. The van der Waals surface area contributed by atoms with Gasteiger partial charge in [0.05, 0.1) is 0 Å². The van der Waals surface area contributed by atoms with Gasteiger partial charge in [-0.2, -0.15) is 0 Å². The Morgan fingerprint density at radius 2 is 1.94 bits per heavy atom. The molecule has 17 heavy (non-hydrogen) atoms. The molecule has 0 aromatic heterocycles. The van der Waals surface area contributed by atoms with Crippen LogP contribution in [0, 0.1) is 0 Å². The van der Waals surface area contributed by atoms with Gasteiger partial charge in [0.1, 0.15) is 6.61 Å². The van der Waals surface area contributed by atoms with Crippen LogP contribution in [0.3, 0.4) is 0 Å². The van der Waals surface area contributed by atoms with Crippen LogP contribution in [0.4, 0.5) is 4.79 Å². The van der Waals surface area contributed by atoms with Crippen LogP contribution in [-0.2, 0) is 10.2 Å². The summed E-state index contributed by atoms with van der Waals surface area (Å²) in [5, 5.41) is 3.33. The van der Waals surface area contributed by atoms with Crippen molar-refractivity contribution < 1.29 is 9.53 Å². The van der Waals surface area contributed by atoms with Gasteiger partial charge in [-0.25, -0.2) is 4.79 Å². The number of carbonyl (C=O) groups is 1. The summed E-state index contributed by atoms with van der Waals surface area (Å²) in [4.78, 5) is 10.8. The molecule has 1 aliphatic rings. The van der Waals surface area contributed by atoms with Gasteiger partial charge in [0, 0.05) is 5.41 Å². The normalized spacial score (nSPS) is 18.6. The zero-order valence-electron chi connectivity index (χ0n) is 9.82. The van der Waals surface area contributed by atoms with E-state index in [0.717, 1.165) is 25.9 Å². The van der Waals surface area contributed by atoms with Crippen LogP contribution in [0.15, 0.2) is 30.3 Å². The SMILES string of the molecule is NC(=O)OCC1(c2ccccc2)CCNCC1. The minimum absolute atomic E-state index is 0.0818. The summed E-state index contributed by atoms with van der Waals surface area (Å²) >= 11 is 0. The van der Waals surface area contributed by atoms with Gasteiger partial charge >= 0.3 is 6.09 Å². The smallest absolute Gasteiger partial charge is 0.404 e. The maximum atomic E-state index is 10.8. The molecule has 2 rings (SSSR count). The minimum atomic E-state index is -0.696. The van der Waals surface area contributed by atoms with E-state index in [-0.39, 0.29) is 5.41 Å². The lowest BCUT2D eigenvalue weighted by Gasteiger charge is -2.37. The Hall–Kier alpha value is -1.55. The summed E-state index contributed by atoms with van der Waals surface area (Å²) in [6.07, 6.45) is 1.23. The predicted molar refractivity (Wildman–Crippen MR) is 65.8 cm³/mol. The Bertz CT molecular complexity index is 372. The number of ether oxygens (including phenoxy) is 1. The van der Waals surface area contributed by atoms with Gasteiger partial charge in [-0.1, -0.05) is 30.3 Å². The molecular formula is C13H18N2O2. The third-order valence-electron chi connectivity index (χ3n) is 3.44. The van der Waals surface area contributed by atoms with Gasteiger partial charge in [0.2, 0.25) is 0 Å². The standard InChI is InChI=1S/C13H18N2O2/c14-12(16)17-10-13(6-8-15-9-7-13)11-4-2-1-3-5-11/h1-5,15H,6-10H2,(H2,14,16). The van der Waals surface area contributed by atoms with Crippen LogP contribution in [0.25, 0.3) is 0 Å². The van der Waals surface area contributed by atoms with Crippen molar-refractivity contribution in [1.29, 1.82) is 0 Å². The van der Waals surface area contributed by atoms with Crippen molar-refractivity contribution in [1.82, 2.24) is 5.32 Å². The number of benzene rings is 1. The number of rotatable bonds is 3. The highest BCUT2D eigenvalue weighted by Crippen LogP contribution is 2.33. The number of nitrogens with one attached hydrogen (secondary N) is 1. The van der Waals surface area contributed by atoms with Crippen molar-refractivity contribution in [2.45, 2.75) is 18.3 Å². The summed E-state index contributed by atoms with van der Waals surface area (Å²) in [6.45, 7) is 2.25. The van der Waals surface area contributed by atoms with E-state index >= 15 is 0 Å². The summed E-state index contributed by atoms with van der Waals surface area (Å²) in [5.74, 6) is 0. The van der Waals surface area contributed by atoms with E-state index < -0.39 is 6.09 Å². The van der Waals surface area contributed by atoms with Crippen molar-refractivity contribution in [2.24, 2.45) is 5.73 Å². The summed E-state index contributed by atoms with van der Waals surface area (Å²) in [7, 11) is 0. The molecule has 1 saturated heterocycles. The van der Waals surface area contributed by atoms with Crippen molar-refractivity contribution in [2.75, 3.05) is 19.7 Å². The monoisotopic (exact) mass is 234 g/mol. The Labute approximate surface area is 101 Å². The Morgan fingerprint density at radius 3 is 2.53 bits per heavy atom. The van der Waals surface area contributed by atoms with E-state index in [0.29, 0.717) is 6.61 Å².